The van der Waals surface area contributed by atoms with Crippen molar-refractivity contribution in [1.82, 2.24) is 20.4 Å². The van der Waals surface area contributed by atoms with Gasteiger partial charge in [-0.05, 0) is 25.1 Å². The molecule has 2 rings (SSSR count). The zero-order chi connectivity index (χ0) is 19.6. The van der Waals surface area contributed by atoms with Gasteiger partial charge in [0.2, 0.25) is 5.91 Å². The molecule has 0 saturated carbocycles. The van der Waals surface area contributed by atoms with E-state index in [4.69, 9.17) is 0 Å². The average Bonchev–Trinajstić information content (AvgIpc) is 3.18. The highest BCUT2D eigenvalue weighted by molar-refractivity contribution is 14.0. The largest absolute Gasteiger partial charge is 0.354 e. The summed E-state index contributed by atoms with van der Waals surface area (Å²) in [7, 11) is 1.80. The predicted molar refractivity (Wildman–Crippen MR) is 127 cm³/mol. The molecule has 0 aliphatic carbocycles. The van der Waals surface area contributed by atoms with Crippen LogP contribution in [-0.4, -0.2) is 67.5 Å². The van der Waals surface area contributed by atoms with E-state index in [1.165, 1.54) is 5.56 Å². The number of halogens is 1. The van der Waals surface area contributed by atoms with Crippen molar-refractivity contribution in [1.29, 1.82) is 0 Å². The molecule has 1 fully saturated rings. The second kappa shape index (κ2) is 13.0. The molecular formula is C21H36IN5O. The molecule has 1 saturated heterocycles. The van der Waals surface area contributed by atoms with E-state index >= 15 is 0 Å². The number of amides is 1. The number of likely N-dealkylation sites (N-methyl/N-ethyl adjacent to an activating group) is 1. The third kappa shape index (κ3) is 6.92. The lowest BCUT2D eigenvalue weighted by molar-refractivity contribution is -0.129. The van der Waals surface area contributed by atoms with Crippen LogP contribution in [0.5, 0.6) is 0 Å². The molecule has 0 aromatic heterocycles. The molecule has 7 heteroatoms. The van der Waals surface area contributed by atoms with Gasteiger partial charge in [0, 0.05) is 39.1 Å². The molecule has 1 aromatic rings. The van der Waals surface area contributed by atoms with Gasteiger partial charge in [0.25, 0.3) is 0 Å². The van der Waals surface area contributed by atoms with Gasteiger partial charge in [0.1, 0.15) is 0 Å². The molecule has 0 bridgehead atoms. The average molecular weight is 501 g/mol. The summed E-state index contributed by atoms with van der Waals surface area (Å²) in [5.74, 6) is 1.03. The van der Waals surface area contributed by atoms with Crippen molar-refractivity contribution in [3.05, 3.63) is 35.9 Å². The van der Waals surface area contributed by atoms with Crippen molar-refractivity contribution in [3.8, 4) is 0 Å². The Bertz CT molecular complexity index is 606. The van der Waals surface area contributed by atoms with Gasteiger partial charge >= 0.3 is 0 Å². The Hall–Kier alpha value is -1.35. The number of hydrogen-bond acceptors (Lipinski definition) is 3. The lowest BCUT2D eigenvalue weighted by Crippen LogP contribution is -2.47. The van der Waals surface area contributed by atoms with Crippen LogP contribution in [0.2, 0.25) is 0 Å². The number of rotatable bonds is 8. The Morgan fingerprint density at radius 1 is 1.25 bits per heavy atom. The lowest BCUT2D eigenvalue weighted by Gasteiger charge is -2.31. The molecule has 1 aromatic carbocycles. The summed E-state index contributed by atoms with van der Waals surface area (Å²) in [6, 6.07) is 11.2. The molecule has 1 aliphatic rings. The molecule has 6 nitrogen and oxygen atoms in total. The topological polar surface area (TPSA) is 60.0 Å². The van der Waals surface area contributed by atoms with Gasteiger partial charge in [0.05, 0.1) is 6.04 Å². The first kappa shape index (κ1) is 24.7. The van der Waals surface area contributed by atoms with E-state index in [1.54, 1.807) is 7.05 Å². The minimum absolute atomic E-state index is 0. The Morgan fingerprint density at radius 3 is 2.50 bits per heavy atom. The van der Waals surface area contributed by atoms with Crippen LogP contribution in [0.3, 0.4) is 0 Å². The number of nitrogens with zero attached hydrogens (tertiary/aromatic N) is 3. The van der Waals surface area contributed by atoms with Crippen LogP contribution in [0.15, 0.2) is 35.3 Å². The standard InChI is InChI=1S/C21H35N5O.HI/c1-5-20(27)26-14-13-18(16-26)24-21(22-4)23-15-19(25(6-2)7-3)17-11-9-8-10-12-17;/h8-12,18-19H,5-7,13-16H2,1-4H3,(H2,22,23,24);1H. The number of likely N-dealkylation sites (tertiary alicyclic amines) is 1. The van der Waals surface area contributed by atoms with Gasteiger partial charge in [-0.3, -0.25) is 14.7 Å². The Kier molecular flexibility index (Phi) is 11.4. The third-order valence-corrected chi connectivity index (χ3v) is 5.31. The second-order valence-electron chi connectivity index (χ2n) is 6.92. The first-order chi connectivity index (χ1) is 13.1. The van der Waals surface area contributed by atoms with Gasteiger partial charge in [-0.2, -0.15) is 0 Å². The highest BCUT2D eigenvalue weighted by atomic mass is 127. The molecule has 1 heterocycles. The molecule has 2 unspecified atom stereocenters. The van der Waals surface area contributed by atoms with Crippen LogP contribution in [-0.2, 0) is 4.79 Å². The summed E-state index contributed by atoms with van der Waals surface area (Å²) < 4.78 is 0. The summed E-state index contributed by atoms with van der Waals surface area (Å²) in [6.45, 7) is 10.7. The number of guanidine groups is 1. The summed E-state index contributed by atoms with van der Waals surface area (Å²) in [4.78, 5) is 20.7. The number of aliphatic imine (C=N–C) groups is 1. The molecule has 28 heavy (non-hydrogen) atoms. The smallest absolute Gasteiger partial charge is 0.222 e. The number of nitrogens with one attached hydrogen (secondary N) is 2. The van der Waals surface area contributed by atoms with Crippen molar-refractivity contribution in [2.24, 2.45) is 4.99 Å². The molecule has 2 atom stereocenters. The van der Waals surface area contributed by atoms with Crippen molar-refractivity contribution >= 4 is 35.8 Å². The van der Waals surface area contributed by atoms with E-state index in [9.17, 15) is 4.79 Å². The van der Waals surface area contributed by atoms with Crippen LogP contribution in [0, 0.1) is 0 Å². The van der Waals surface area contributed by atoms with E-state index in [0.717, 1.165) is 45.1 Å². The number of carbonyl (C=O) groups is 1. The van der Waals surface area contributed by atoms with E-state index in [1.807, 2.05) is 11.8 Å². The van der Waals surface area contributed by atoms with Crippen LogP contribution >= 0.6 is 24.0 Å². The van der Waals surface area contributed by atoms with Crippen LogP contribution in [0.25, 0.3) is 0 Å². The second-order valence-corrected chi connectivity index (χ2v) is 6.92. The SMILES string of the molecule is CCC(=O)N1CCC(NC(=NC)NCC(c2ccccc2)N(CC)CC)C1.I. The van der Waals surface area contributed by atoms with Gasteiger partial charge in [-0.15, -0.1) is 24.0 Å². The molecule has 0 spiro atoms. The van der Waals surface area contributed by atoms with Crippen LogP contribution < -0.4 is 10.6 Å². The minimum Gasteiger partial charge on any atom is -0.354 e. The summed E-state index contributed by atoms with van der Waals surface area (Å²) >= 11 is 0. The number of carbonyl (C=O) groups excluding carboxylic acids is 1. The first-order valence-electron chi connectivity index (χ1n) is 10.2. The number of benzene rings is 1. The quantitative estimate of drug-likeness (QED) is 0.327. The van der Waals surface area contributed by atoms with Crippen molar-refractivity contribution < 1.29 is 4.79 Å². The predicted octanol–water partition coefficient (Wildman–Crippen LogP) is 2.86. The summed E-state index contributed by atoms with van der Waals surface area (Å²) in [5, 5.41) is 6.98. The Balaban J connectivity index is 0.00000392. The molecule has 1 aliphatic heterocycles. The Morgan fingerprint density at radius 2 is 1.93 bits per heavy atom. The molecular weight excluding hydrogens is 465 g/mol. The summed E-state index contributed by atoms with van der Waals surface area (Å²) in [6.07, 6.45) is 1.53. The van der Waals surface area contributed by atoms with E-state index < -0.39 is 0 Å². The highest BCUT2D eigenvalue weighted by Gasteiger charge is 2.26. The monoisotopic (exact) mass is 501 g/mol. The zero-order valence-electron chi connectivity index (χ0n) is 17.6. The van der Waals surface area contributed by atoms with Gasteiger partial charge < -0.3 is 15.5 Å². The van der Waals surface area contributed by atoms with E-state index in [-0.39, 0.29) is 35.9 Å². The zero-order valence-corrected chi connectivity index (χ0v) is 20.0. The van der Waals surface area contributed by atoms with Gasteiger partial charge in [-0.1, -0.05) is 51.1 Å². The van der Waals surface area contributed by atoms with E-state index in [0.29, 0.717) is 12.5 Å². The van der Waals surface area contributed by atoms with Gasteiger partial charge in [-0.25, -0.2) is 0 Å². The van der Waals surface area contributed by atoms with Crippen molar-refractivity contribution in [2.75, 3.05) is 39.8 Å². The molecule has 158 valence electrons. The highest BCUT2D eigenvalue weighted by Crippen LogP contribution is 2.19. The maximum absolute atomic E-state index is 11.9. The molecule has 0 radical (unpaired) electrons. The Labute approximate surface area is 187 Å². The molecule has 1 amide bonds. The fourth-order valence-corrected chi connectivity index (χ4v) is 3.71. The van der Waals surface area contributed by atoms with Crippen molar-refractivity contribution in [3.63, 3.8) is 0 Å². The van der Waals surface area contributed by atoms with Crippen LogP contribution in [0.4, 0.5) is 0 Å². The third-order valence-electron chi connectivity index (χ3n) is 5.31. The lowest BCUT2D eigenvalue weighted by atomic mass is 10.1. The van der Waals surface area contributed by atoms with E-state index in [2.05, 4.69) is 64.7 Å². The fraction of sp³-hybridized carbons (Fsp3) is 0.619. The van der Waals surface area contributed by atoms with Crippen LogP contribution in [0.1, 0.15) is 45.2 Å². The minimum atomic E-state index is 0. The fourth-order valence-electron chi connectivity index (χ4n) is 3.71. The first-order valence-corrected chi connectivity index (χ1v) is 10.2. The maximum Gasteiger partial charge on any atom is 0.222 e. The van der Waals surface area contributed by atoms with Gasteiger partial charge in [0.15, 0.2) is 5.96 Å². The van der Waals surface area contributed by atoms with Crippen molar-refractivity contribution in [2.45, 2.75) is 45.7 Å². The maximum atomic E-state index is 11.9. The molecule has 2 N–H and O–H groups in total. The summed E-state index contributed by atoms with van der Waals surface area (Å²) in [5.41, 5.74) is 1.31. The number of hydrogen-bond donors (Lipinski definition) is 2. The normalized spacial score (nSPS) is 18.0.